The Morgan fingerprint density at radius 2 is 1.92 bits per heavy atom. The average molecular weight is 346 g/mol. The first-order chi connectivity index (χ1) is 11.3. The number of hydrogen-bond acceptors (Lipinski definition) is 4. The van der Waals surface area contributed by atoms with Crippen molar-refractivity contribution < 1.29 is 14.7 Å². The molecule has 0 unspecified atom stereocenters. The van der Waals surface area contributed by atoms with Crippen molar-refractivity contribution in [1.82, 2.24) is 10.3 Å². The summed E-state index contributed by atoms with van der Waals surface area (Å²) in [6, 6.07) is 8.31. The minimum Gasteiger partial charge on any atom is -0.480 e. The highest BCUT2D eigenvalue weighted by Crippen LogP contribution is 2.25. The van der Waals surface area contributed by atoms with Crippen LogP contribution < -0.4 is 5.32 Å². The number of carboxylic acid groups (broad SMARTS) is 1. The normalized spacial score (nSPS) is 12.6. The lowest BCUT2D eigenvalue weighted by molar-refractivity contribution is -0.141. The van der Waals surface area contributed by atoms with Crippen LogP contribution in [0.5, 0.6) is 0 Å². The third-order valence-corrected chi connectivity index (χ3v) is 4.77. The predicted octanol–water partition coefficient (Wildman–Crippen LogP) is 2.80. The number of rotatable bonds is 6. The fourth-order valence-electron chi connectivity index (χ4n) is 2.19. The van der Waals surface area contributed by atoms with Crippen LogP contribution in [0, 0.1) is 0 Å². The second-order valence-electron chi connectivity index (χ2n) is 6.72. The molecule has 1 atom stereocenters. The van der Waals surface area contributed by atoms with E-state index in [2.05, 4.69) is 31.1 Å². The van der Waals surface area contributed by atoms with Gasteiger partial charge in [-0.15, -0.1) is 11.3 Å². The van der Waals surface area contributed by atoms with Gasteiger partial charge in [0, 0.05) is 17.2 Å². The van der Waals surface area contributed by atoms with Gasteiger partial charge in [0.2, 0.25) is 5.91 Å². The maximum atomic E-state index is 12.2. The standard InChI is InChI=1S/C18H22N2O3S/c1-18(2,3)17-19-13(11-24-17)10-15(21)20-14(16(22)23)9-12-7-5-4-6-8-12/h4-8,11,14H,9-10H2,1-3H3,(H,20,21)(H,22,23)/t14-/m1/s1. The lowest BCUT2D eigenvalue weighted by Crippen LogP contribution is -2.43. The third-order valence-electron chi connectivity index (χ3n) is 3.45. The smallest absolute Gasteiger partial charge is 0.326 e. The molecule has 24 heavy (non-hydrogen) atoms. The van der Waals surface area contributed by atoms with E-state index in [-0.39, 0.29) is 24.2 Å². The molecule has 0 aliphatic heterocycles. The molecular weight excluding hydrogens is 324 g/mol. The minimum atomic E-state index is -1.04. The van der Waals surface area contributed by atoms with E-state index in [1.807, 2.05) is 35.7 Å². The van der Waals surface area contributed by atoms with Gasteiger partial charge in [-0.2, -0.15) is 0 Å². The summed E-state index contributed by atoms with van der Waals surface area (Å²) >= 11 is 1.52. The van der Waals surface area contributed by atoms with Crippen LogP contribution in [0.25, 0.3) is 0 Å². The predicted molar refractivity (Wildman–Crippen MR) is 94.2 cm³/mol. The van der Waals surface area contributed by atoms with Gasteiger partial charge in [-0.1, -0.05) is 51.1 Å². The molecule has 2 aromatic rings. The molecule has 128 valence electrons. The zero-order chi connectivity index (χ0) is 17.7. The van der Waals surface area contributed by atoms with Gasteiger partial charge in [-0.3, -0.25) is 4.79 Å². The molecule has 0 saturated heterocycles. The van der Waals surface area contributed by atoms with Crippen molar-refractivity contribution in [3.8, 4) is 0 Å². The highest BCUT2D eigenvalue weighted by atomic mass is 32.1. The summed E-state index contributed by atoms with van der Waals surface area (Å²) in [5.41, 5.74) is 1.48. The van der Waals surface area contributed by atoms with Gasteiger partial charge < -0.3 is 10.4 Å². The molecule has 6 heteroatoms. The average Bonchev–Trinajstić information content (AvgIpc) is 2.96. The largest absolute Gasteiger partial charge is 0.480 e. The Balaban J connectivity index is 1.98. The van der Waals surface area contributed by atoms with Crippen LogP contribution in [-0.2, 0) is 27.8 Å². The van der Waals surface area contributed by atoms with Gasteiger partial charge in [0.25, 0.3) is 0 Å². The van der Waals surface area contributed by atoms with E-state index in [0.717, 1.165) is 10.6 Å². The Morgan fingerprint density at radius 3 is 2.46 bits per heavy atom. The number of carbonyl (C=O) groups is 2. The molecule has 0 aliphatic carbocycles. The highest BCUT2D eigenvalue weighted by molar-refractivity contribution is 7.09. The first-order valence-electron chi connectivity index (χ1n) is 7.76. The number of nitrogens with zero attached hydrogens (tertiary/aromatic N) is 1. The molecular formula is C18H22N2O3S. The molecule has 0 aliphatic rings. The molecule has 1 aromatic carbocycles. The van der Waals surface area contributed by atoms with Gasteiger partial charge in [-0.25, -0.2) is 9.78 Å². The molecule has 0 spiro atoms. The first kappa shape index (κ1) is 18.1. The van der Waals surface area contributed by atoms with Gasteiger partial charge in [0.15, 0.2) is 0 Å². The van der Waals surface area contributed by atoms with Crippen molar-refractivity contribution in [2.24, 2.45) is 0 Å². The van der Waals surface area contributed by atoms with Gasteiger partial charge in [0.1, 0.15) is 6.04 Å². The molecule has 1 amide bonds. The molecule has 0 bridgehead atoms. The van der Waals surface area contributed by atoms with Crippen molar-refractivity contribution in [2.45, 2.75) is 45.1 Å². The number of aliphatic carboxylic acids is 1. The second kappa shape index (κ2) is 7.57. The second-order valence-corrected chi connectivity index (χ2v) is 7.58. The Hall–Kier alpha value is -2.21. The summed E-state index contributed by atoms with van der Waals surface area (Å²) in [4.78, 5) is 28.0. The molecule has 0 fully saturated rings. The van der Waals surface area contributed by atoms with Crippen LogP contribution in [-0.4, -0.2) is 28.0 Å². The zero-order valence-corrected chi connectivity index (χ0v) is 14.9. The fraction of sp³-hybridized carbons (Fsp3) is 0.389. The van der Waals surface area contributed by atoms with E-state index < -0.39 is 12.0 Å². The Morgan fingerprint density at radius 1 is 1.25 bits per heavy atom. The van der Waals surface area contributed by atoms with E-state index in [4.69, 9.17) is 0 Å². The topological polar surface area (TPSA) is 79.3 Å². The lowest BCUT2D eigenvalue weighted by atomic mass is 9.98. The van der Waals surface area contributed by atoms with Crippen LogP contribution >= 0.6 is 11.3 Å². The number of benzene rings is 1. The number of thiazole rings is 1. The molecule has 0 radical (unpaired) electrons. The SMILES string of the molecule is CC(C)(C)c1nc(CC(=O)N[C@H](Cc2ccccc2)C(=O)O)cs1. The summed E-state index contributed by atoms with van der Waals surface area (Å²) in [5.74, 6) is -1.37. The maximum Gasteiger partial charge on any atom is 0.326 e. The van der Waals surface area contributed by atoms with E-state index in [0.29, 0.717) is 5.69 Å². The quantitative estimate of drug-likeness (QED) is 0.843. The monoisotopic (exact) mass is 346 g/mol. The van der Waals surface area contributed by atoms with Gasteiger partial charge >= 0.3 is 5.97 Å². The molecule has 1 heterocycles. The summed E-state index contributed by atoms with van der Waals surface area (Å²) in [6.45, 7) is 6.20. The lowest BCUT2D eigenvalue weighted by Gasteiger charge is -2.15. The van der Waals surface area contributed by atoms with Crippen LogP contribution in [0.15, 0.2) is 35.7 Å². The summed E-state index contributed by atoms with van der Waals surface area (Å²) in [6.07, 6.45) is 0.345. The Kier molecular flexibility index (Phi) is 5.72. The van der Waals surface area contributed by atoms with Crippen LogP contribution in [0.3, 0.4) is 0 Å². The Labute approximate surface area is 145 Å². The molecule has 2 rings (SSSR count). The number of amides is 1. The van der Waals surface area contributed by atoms with Crippen LogP contribution in [0.4, 0.5) is 0 Å². The van der Waals surface area contributed by atoms with Crippen LogP contribution in [0.2, 0.25) is 0 Å². The first-order valence-corrected chi connectivity index (χ1v) is 8.64. The van der Waals surface area contributed by atoms with Crippen molar-refractivity contribution in [2.75, 3.05) is 0 Å². The fourth-order valence-corrected chi connectivity index (χ4v) is 3.10. The van der Waals surface area contributed by atoms with E-state index in [1.54, 1.807) is 0 Å². The highest BCUT2D eigenvalue weighted by Gasteiger charge is 2.22. The van der Waals surface area contributed by atoms with Crippen molar-refractivity contribution in [3.05, 3.63) is 52.0 Å². The summed E-state index contributed by atoms with van der Waals surface area (Å²) in [5, 5.41) is 14.7. The van der Waals surface area contributed by atoms with Gasteiger partial charge in [-0.05, 0) is 5.56 Å². The molecule has 5 nitrogen and oxygen atoms in total. The van der Waals surface area contributed by atoms with Gasteiger partial charge in [0.05, 0.1) is 17.1 Å². The number of nitrogens with one attached hydrogen (secondary N) is 1. The number of carbonyl (C=O) groups excluding carboxylic acids is 1. The van der Waals surface area contributed by atoms with E-state index >= 15 is 0 Å². The number of aromatic nitrogens is 1. The summed E-state index contributed by atoms with van der Waals surface area (Å²) < 4.78 is 0. The zero-order valence-electron chi connectivity index (χ0n) is 14.1. The van der Waals surface area contributed by atoms with Crippen molar-refractivity contribution >= 4 is 23.2 Å². The maximum absolute atomic E-state index is 12.2. The van der Waals surface area contributed by atoms with E-state index in [9.17, 15) is 14.7 Å². The van der Waals surface area contributed by atoms with Crippen molar-refractivity contribution in [3.63, 3.8) is 0 Å². The molecule has 2 N–H and O–H groups in total. The molecule has 0 saturated carbocycles. The minimum absolute atomic E-state index is 0.0592. The molecule has 1 aromatic heterocycles. The third kappa shape index (κ3) is 5.16. The van der Waals surface area contributed by atoms with E-state index in [1.165, 1.54) is 11.3 Å². The summed E-state index contributed by atoms with van der Waals surface area (Å²) in [7, 11) is 0. The number of hydrogen-bond donors (Lipinski definition) is 2. The number of carboxylic acids is 1. The Bertz CT molecular complexity index is 705. The van der Waals surface area contributed by atoms with Crippen molar-refractivity contribution in [1.29, 1.82) is 0 Å². The van der Waals surface area contributed by atoms with Crippen LogP contribution in [0.1, 0.15) is 37.0 Å².